The molecule has 1 aliphatic heterocycles. The standard InChI is InChI=1S/C15H20N4/c1-11(14-9-18-19-10-14)17-8-13-5-2-4-12-6-3-7-16-15(12)13/h2,4-5,9-11,16-17H,3,6-8H2,1H3,(H,18,19). The van der Waals surface area contributed by atoms with E-state index in [9.17, 15) is 0 Å². The molecule has 1 aliphatic rings. The number of H-pyrrole nitrogens is 1. The van der Waals surface area contributed by atoms with Gasteiger partial charge in [-0.05, 0) is 30.9 Å². The Bertz CT molecular complexity index is 533. The first-order valence-corrected chi connectivity index (χ1v) is 6.91. The predicted molar refractivity (Wildman–Crippen MR) is 77.1 cm³/mol. The normalized spacial score (nSPS) is 15.6. The molecule has 1 aromatic heterocycles. The average Bonchev–Trinajstić information content (AvgIpc) is 2.99. The van der Waals surface area contributed by atoms with Crippen molar-refractivity contribution in [2.24, 2.45) is 0 Å². The third-order valence-electron chi connectivity index (χ3n) is 3.78. The summed E-state index contributed by atoms with van der Waals surface area (Å²) in [7, 11) is 0. The number of anilines is 1. The molecular formula is C15H20N4. The van der Waals surface area contributed by atoms with Gasteiger partial charge in [-0.25, -0.2) is 0 Å². The van der Waals surface area contributed by atoms with E-state index in [2.05, 4.69) is 46.0 Å². The number of hydrogen-bond acceptors (Lipinski definition) is 3. The van der Waals surface area contributed by atoms with Crippen molar-refractivity contribution >= 4 is 5.69 Å². The molecule has 0 saturated carbocycles. The minimum Gasteiger partial charge on any atom is -0.385 e. The maximum absolute atomic E-state index is 3.99. The maximum Gasteiger partial charge on any atom is 0.0534 e. The summed E-state index contributed by atoms with van der Waals surface area (Å²) in [5.41, 5.74) is 5.33. The minimum absolute atomic E-state index is 0.304. The number of benzene rings is 1. The summed E-state index contributed by atoms with van der Waals surface area (Å²) in [6, 6.07) is 6.89. The van der Waals surface area contributed by atoms with Crippen LogP contribution in [0, 0.1) is 0 Å². The number of fused-ring (bicyclic) bond motifs is 1. The van der Waals surface area contributed by atoms with Gasteiger partial charge in [0.2, 0.25) is 0 Å². The highest BCUT2D eigenvalue weighted by Crippen LogP contribution is 2.26. The van der Waals surface area contributed by atoms with Crippen LogP contribution in [0.2, 0.25) is 0 Å². The molecule has 0 spiro atoms. The fourth-order valence-electron chi connectivity index (χ4n) is 2.61. The molecule has 100 valence electrons. The second kappa shape index (κ2) is 5.45. The third-order valence-corrected chi connectivity index (χ3v) is 3.78. The van der Waals surface area contributed by atoms with Crippen LogP contribution in [0.15, 0.2) is 30.6 Å². The molecule has 0 fully saturated rings. The molecule has 1 atom stereocenters. The Morgan fingerprint density at radius 3 is 3.21 bits per heavy atom. The van der Waals surface area contributed by atoms with Gasteiger partial charge in [-0.3, -0.25) is 5.10 Å². The number of aromatic nitrogens is 2. The highest BCUT2D eigenvalue weighted by molar-refractivity contribution is 5.59. The van der Waals surface area contributed by atoms with E-state index >= 15 is 0 Å². The van der Waals surface area contributed by atoms with E-state index in [1.54, 1.807) is 0 Å². The summed E-state index contributed by atoms with van der Waals surface area (Å²) in [5.74, 6) is 0. The van der Waals surface area contributed by atoms with Crippen LogP contribution >= 0.6 is 0 Å². The Balaban J connectivity index is 1.70. The van der Waals surface area contributed by atoms with Crippen molar-refractivity contribution in [3.05, 3.63) is 47.3 Å². The first-order chi connectivity index (χ1) is 9.34. The minimum atomic E-state index is 0.304. The topological polar surface area (TPSA) is 52.7 Å². The molecule has 0 bridgehead atoms. The lowest BCUT2D eigenvalue weighted by atomic mass is 9.99. The van der Waals surface area contributed by atoms with Crippen molar-refractivity contribution in [1.29, 1.82) is 0 Å². The number of rotatable bonds is 4. The van der Waals surface area contributed by atoms with Crippen molar-refractivity contribution < 1.29 is 0 Å². The second-order valence-electron chi connectivity index (χ2n) is 5.12. The molecule has 0 amide bonds. The number of para-hydroxylation sites is 1. The van der Waals surface area contributed by atoms with Gasteiger partial charge in [-0.2, -0.15) is 5.10 Å². The molecule has 0 saturated heterocycles. The van der Waals surface area contributed by atoms with E-state index < -0.39 is 0 Å². The summed E-state index contributed by atoms with van der Waals surface area (Å²) < 4.78 is 0. The van der Waals surface area contributed by atoms with Crippen LogP contribution in [0.1, 0.15) is 36.1 Å². The van der Waals surface area contributed by atoms with Gasteiger partial charge in [0.15, 0.2) is 0 Å². The Morgan fingerprint density at radius 1 is 1.42 bits per heavy atom. The zero-order valence-electron chi connectivity index (χ0n) is 11.2. The van der Waals surface area contributed by atoms with Crippen LogP contribution in [0.3, 0.4) is 0 Å². The second-order valence-corrected chi connectivity index (χ2v) is 5.12. The zero-order valence-corrected chi connectivity index (χ0v) is 11.2. The number of hydrogen-bond donors (Lipinski definition) is 3. The number of aromatic amines is 1. The number of nitrogens with zero attached hydrogens (tertiary/aromatic N) is 1. The van der Waals surface area contributed by atoms with Crippen LogP contribution in [0.5, 0.6) is 0 Å². The van der Waals surface area contributed by atoms with Gasteiger partial charge in [-0.15, -0.1) is 0 Å². The fourth-order valence-corrected chi connectivity index (χ4v) is 2.61. The molecule has 2 heterocycles. The Hall–Kier alpha value is -1.81. The highest BCUT2D eigenvalue weighted by Gasteiger charge is 2.13. The van der Waals surface area contributed by atoms with Gasteiger partial charge in [0.25, 0.3) is 0 Å². The number of aryl methyl sites for hydroxylation is 1. The maximum atomic E-state index is 3.99. The van der Waals surface area contributed by atoms with Gasteiger partial charge in [0, 0.05) is 36.6 Å². The summed E-state index contributed by atoms with van der Waals surface area (Å²) in [4.78, 5) is 0. The third kappa shape index (κ3) is 2.63. The first kappa shape index (κ1) is 12.2. The molecule has 0 radical (unpaired) electrons. The summed E-state index contributed by atoms with van der Waals surface area (Å²) >= 11 is 0. The average molecular weight is 256 g/mol. The van der Waals surface area contributed by atoms with Crippen molar-refractivity contribution in [2.45, 2.75) is 32.4 Å². The highest BCUT2D eigenvalue weighted by atomic mass is 15.1. The predicted octanol–water partition coefficient (Wildman–Crippen LogP) is 2.62. The van der Waals surface area contributed by atoms with E-state index in [4.69, 9.17) is 0 Å². The Labute approximate surface area is 113 Å². The lowest BCUT2D eigenvalue weighted by Crippen LogP contribution is -2.20. The molecule has 3 rings (SSSR count). The van der Waals surface area contributed by atoms with E-state index in [1.165, 1.54) is 35.2 Å². The van der Waals surface area contributed by atoms with Gasteiger partial charge >= 0.3 is 0 Å². The van der Waals surface area contributed by atoms with Crippen LogP contribution in [0.4, 0.5) is 5.69 Å². The van der Waals surface area contributed by atoms with E-state index in [0.29, 0.717) is 6.04 Å². The summed E-state index contributed by atoms with van der Waals surface area (Å²) in [6.45, 7) is 4.12. The molecule has 19 heavy (non-hydrogen) atoms. The quantitative estimate of drug-likeness (QED) is 0.788. The smallest absolute Gasteiger partial charge is 0.0534 e. The molecule has 4 heteroatoms. The molecule has 0 aliphatic carbocycles. The van der Waals surface area contributed by atoms with Crippen molar-refractivity contribution in [3.8, 4) is 0 Å². The number of nitrogens with one attached hydrogen (secondary N) is 3. The molecule has 3 N–H and O–H groups in total. The Kier molecular flexibility index (Phi) is 3.51. The van der Waals surface area contributed by atoms with E-state index in [0.717, 1.165) is 13.1 Å². The van der Waals surface area contributed by atoms with Crippen LogP contribution in [-0.4, -0.2) is 16.7 Å². The zero-order chi connectivity index (χ0) is 13.1. The van der Waals surface area contributed by atoms with Crippen molar-refractivity contribution in [3.63, 3.8) is 0 Å². The monoisotopic (exact) mass is 256 g/mol. The summed E-state index contributed by atoms with van der Waals surface area (Å²) in [5, 5.41) is 13.9. The van der Waals surface area contributed by atoms with Gasteiger partial charge in [-0.1, -0.05) is 18.2 Å². The van der Waals surface area contributed by atoms with Gasteiger partial charge < -0.3 is 10.6 Å². The summed E-state index contributed by atoms with van der Waals surface area (Å²) in [6.07, 6.45) is 6.23. The lowest BCUT2D eigenvalue weighted by Gasteiger charge is -2.22. The lowest BCUT2D eigenvalue weighted by molar-refractivity contribution is 0.574. The van der Waals surface area contributed by atoms with Crippen LogP contribution in [0.25, 0.3) is 0 Å². The van der Waals surface area contributed by atoms with Gasteiger partial charge in [0.05, 0.1) is 6.20 Å². The van der Waals surface area contributed by atoms with Crippen molar-refractivity contribution in [2.75, 3.05) is 11.9 Å². The first-order valence-electron chi connectivity index (χ1n) is 6.91. The fraction of sp³-hybridized carbons (Fsp3) is 0.400. The SMILES string of the molecule is CC(NCc1cccc2c1NCCC2)c1cn[nH]c1. The van der Waals surface area contributed by atoms with Crippen molar-refractivity contribution in [1.82, 2.24) is 15.5 Å². The molecule has 2 aromatic rings. The molecule has 1 unspecified atom stereocenters. The van der Waals surface area contributed by atoms with E-state index in [1.807, 2.05) is 12.4 Å². The molecule has 1 aromatic carbocycles. The van der Waals surface area contributed by atoms with Crippen LogP contribution in [-0.2, 0) is 13.0 Å². The Morgan fingerprint density at radius 2 is 2.37 bits per heavy atom. The molecular weight excluding hydrogens is 236 g/mol. The van der Waals surface area contributed by atoms with Crippen LogP contribution < -0.4 is 10.6 Å². The van der Waals surface area contributed by atoms with E-state index in [-0.39, 0.29) is 0 Å². The largest absolute Gasteiger partial charge is 0.385 e. The van der Waals surface area contributed by atoms with Gasteiger partial charge in [0.1, 0.15) is 0 Å². The molecule has 4 nitrogen and oxygen atoms in total.